The number of nitrogens with zero attached hydrogens (tertiary/aromatic N) is 1. The monoisotopic (exact) mass is 558 g/mol. The number of hydrogen-bond donors (Lipinski definition) is 2. The second-order valence-corrected chi connectivity index (χ2v) is 14.3. The second-order valence-electron chi connectivity index (χ2n) is 9.86. The zero-order valence-corrected chi connectivity index (χ0v) is 25.1. The lowest BCUT2D eigenvalue weighted by atomic mass is 10.0. The molecular weight excluding hydrogens is 518 g/mol. The Labute approximate surface area is 221 Å². The van der Waals surface area contributed by atoms with Gasteiger partial charge in [0.05, 0.1) is 18.3 Å². The van der Waals surface area contributed by atoms with Crippen molar-refractivity contribution in [3.05, 3.63) is 34.9 Å². The van der Waals surface area contributed by atoms with E-state index in [2.05, 4.69) is 0 Å². The molecule has 0 heterocycles. The maximum atomic E-state index is 13.8. The Morgan fingerprint density at radius 3 is 1.46 bits per heavy atom. The third-order valence-corrected chi connectivity index (χ3v) is 9.54. The van der Waals surface area contributed by atoms with Gasteiger partial charge in [-0.1, -0.05) is 6.07 Å². The van der Waals surface area contributed by atoms with Gasteiger partial charge in [-0.05, 0) is 74.4 Å². The molecule has 1 amide bonds. The average molecular weight is 559 g/mol. The minimum atomic E-state index is -4.04. The van der Waals surface area contributed by atoms with E-state index in [1.54, 1.807) is 55.4 Å². The van der Waals surface area contributed by atoms with E-state index in [-0.39, 0.29) is 16.7 Å². The van der Waals surface area contributed by atoms with E-state index in [0.717, 1.165) is 17.0 Å². The SMILES string of the molecule is CC(=O)c1cc(C(=O)N(C[Si](O)(OC(C)C)OC(C)C)C[Si](O)(OC(C)C)OC(C)C)ccc1C(=O)[O-]. The van der Waals surface area contributed by atoms with Gasteiger partial charge < -0.3 is 42.1 Å². The Kier molecular flexibility index (Phi) is 12.2. The maximum absolute atomic E-state index is 13.8. The molecule has 0 aromatic heterocycles. The number of Topliss-reactive ketones (excluding diaryl/α,β-unsaturated/α-hetero) is 1. The molecule has 13 heteroatoms. The third kappa shape index (κ3) is 10.7. The van der Waals surface area contributed by atoms with E-state index in [0.29, 0.717) is 0 Å². The minimum Gasteiger partial charge on any atom is -0.545 e. The van der Waals surface area contributed by atoms with Crippen LogP contribution >= 0.6 is 0 Å². The lowest BCUT2D eigenvalue weighted by Crippen LogP contribution is -2.62. The molecule has 0 fully saturated rings. The van der Waals surface area contributed by atoms with Gasteiger partial charge in [-0.25, -0.2) is 0 Å². The molecule has 0 unspecified atom stereocenters. The van der Waals surface area contributed by atoms with E-state index in [4.69, 9.17) is 17.7 Å². The summed E-state index contributed by atoms with van der Waals surface area (Å²) in [6.45, 7) is 14.8. The number of rotatable bonds is 15. The highest BCUT2D eigenvalue weighted by Gasteiger charge is 2.48. The van der Waals surface area contributed by atoms with Gasteiger partial charge in [0.25, 0.3) is 5.91 Å². The van der Waals surface area contributed by atoms with Crippen LogP contribution in [0, 0.1) is 0 Å². The summed E-state index contributed by atoms with van der Waals surface area (Å²) in [5, 5.41) is 11.4. The van der Waals surface area contributed by atoms with Crippen molar-refractivity contribution in [2.45, 2.75) is 86.7 Å². The van der Waals surface area contributed by atoms with Crippen LogP contribution in [0.15, 0.2) is 18.2 Å². The number of benzene rings is 1. The second kappa shape index (κ2) is 13.7. The Morgan fingerprint density at radius 2 is 1.16 bits per heavy atom. The zero-order valence-electron chi connectivity index (χ0n) is 23.1. The molecule has 0 saturated carbocycles. The lowest BCUT2D eigenvalue weighted by molar-refractivity contribution is -0.255. The highest BCUT2D eigenvalue weighted by molar-refractivity contribution is 6.61. The normalized spacial score (nSPS) is 12.6. The summed E-state index contributed by atoms with van der Waals surface area (Å²) in [5.74, 6) is -2.85. The van der Waals surface area contributed by atoms with Gasteiger partial charge in [0.1, 0.15) is 0 Å². The van der Waals surface area contributed by atoms with Crippen LogP contribution in [0.3, 0.4) is 0 Å². The molecule has 0 atom stereocenters. The topological polar surface area (TPSA) is 155 Å². The maximum Gasteiger partial charge on any atom is 0.519 e. The number of aromatic carboxylic acids is 1. The van der Waals surface area contributed by atoms with Crippen molar-refractivity contribution in [1.29, 1.82) is 0 Å². The molecule has 37 heavy (non-hydrogen) atoms. The first-order chi connectivity index (χ1) is 16.9. The quantitative estimate of drug-likeness (QED) is 0.238. The van der Waals surface area contributed by atoms with Gasteiger partial charge in [-0.2, -0.15) is 0 Å². The van der Waals surface area contributed by atoms with Crippen LogP contribution in [-0.4, -0.2) is 86.5 Å². The van der Waals surface area contributed by atoms with Crippen molar-refractivity contribution >= 4 is 35.3 Å². The summed E-state index contributed by atoms with van der Waals surface area (Å²) < 4.78 is 23.0. The Morgan fingerprint density at radius 1 is 0.784 bits per heavy atom. The number of carboxylic acid groups (broad SMARTS) is 1. The molecule has 0 aliphatic heterocycles. The molecule has 210 valence electrons. The largest absolute Gasteiger partial charge is 0.545 e. The number of amides is 1. The van der Waals surface area contributed by atoms with Crippen molar-refractivity contribution in [2.24, 2.45) is 0 Å². The predicted molar refractivity (Wildman–Crippen MR) is 138 cm³/mol. The van der Waals surface area contributed by atoms with E-state index in [1.165, 1.54) is 13.0 Å². The standard InChI is InChI=1S/C24H41NO10Si2/c1-15(2)32-36(30,33-16(3)4)13-25(14-37(31,34-17(5)6)35-18(7)8)23(27)20-10-11-21(24(28)29)22(12-20)19(9)26/h10-12,15-18,30-31H,13-14H2,1-9H3,(H,28,29)/p-1. The molecule has 0 aliphatic carbocycles. The average Bonchev–Trinajstić information content (AvgIpc) is 2.69. The van der Waals surface area contributed by atoms with Gasteiger partial charge in [-0.3, -0.25) is 9.59 Å². The van der Waals surface area contributed by atoms with Crippen molar-refractivity contribution in [2.75, 3.05) is 12.3 Å². The van der Waals surface area contributed by atoms with E-state index < -0.39 is 72.0 Å². The Balaban J connectivity index is 3.63. The first kappa shape index (κ1) is 33.1. The fourth-order valence-corrected chi connectivity index (χ4v) is 8.74. The number of ketones is 1. The van der Waals surface area contributed by atoms with E-state index in [1.807, 2.05) is 0 Å². The van der Waals surface area contributed by atoms with Crippen molar-refractivity contribution in [3.63, 3.8) is 0 Å². The molecule has 0 saturated heterocycles. The summed E-state index contributed by atoms with van der Waals surface area (Å²) in [7, 11) is -8.09. The fourth-order valence-electron chi connectivity index (χ4n) is 3.69. The van der Waals surface area contributed by atoms with Crippen LogP contribution in [0.1, 0.15) is 93.4 Å². The van der Waals surface area contributed by atoms with Gasteiger partial charge in [0.15, 0.2) is 5.78 Å². The van der Waals surface area contributed by atoms with Gasteiger partial charge in [0.2, 0.25) is 0 Å². The molecule has 0 aliphatic rings. The zero-order chi connectivity index (χ0) is 28.7. The van der Waals surface area contributed by atoms with Crippen LogP contribution in [0.5, 0.6) is 0 Å². The van der Waals surface area contributed by atoms with Crippen molar-refractivity contribution < 1.29 is 46.8 Å². The van der Waals surface area contributed by atoms with Crippen LogP contribution in [-0.2, 0) is 17.7 Å². The Bertz CT molecular complexity index is 899. The van der Waals surface area contributed by atoms with E-state index >= 15 is 0 Å². The summed E-state index contributed by atoms with van der Waals surface area (Å²) in [6.07, 6.45) is -2.58. The van der Waals surface area contributed by atoms with Gasteiger partial charge >= 0.3 is 17.6 Å². The number of carboxylic acids is 1. The lowest BCUT2D eigenvalue weighted by Gasteiger charge is -2.37. The van der Waals surface area contributed by atoms with Crippen LogP contribution in [0.4, 0.5) is 0 Å². The van der Waals surface area contributed by atoms with Crippen LogP contribution < -0.4 is 5.11 Å². The predicted octanol–water partition coefficient (Wildman–Crippen LogP) is 1.34. The van der Waals surface area contributed by atoms with Crippen molar-refractivity contribution in [3.8, 4) is 0 Å². The van der Waals surface area contributed by atoms with E-state index in [9.17, 15) is 29.1 Å². The van der Waals surface area contributed by atoms with Crippen LogP contribution in [0.2, 0.25) is 0 Å². The summed E-state index contributed by atoms with van der Waals surface area (Å²) in [5.41, 5.74) is -0.615. The fraction of sp³-hybridized carbons (Fsp3) is 0.625. The molecule has 1 rings (SSSR count). The number of carbonyl (C=O) groups is 3. The molecule has 1 aromatic carbocycles. The minimum absolute atomic E-state index is 0.0499. The number of hydrogen-bond acceptors (Lipinski definition) is 10. The summed E-state index contributed by atoms with van der Waals surface area (Å²) in [6, 6.07) is 3.48. The first-order valence-corrected chi connectivity index (χ1v) is 16.1. The Hall–Kier alpha value is -1.98. The molecule has 2 N–H and O–H groups in total. The summed E-state index contributed by atoms with van der Waals surface area (Å²) >= 11 is 0. The van der Waals surface area contributed by atoms with Crippen LogP contribution in [0.25, 0.3) is 0 Å². The smallest absolute Gasteiger partial charge is 0.519 e. The third-order valence-electron chi connectivity index (χ3n) is 4.61. The van der Waals surface area contributed by atoms with Gasteiger partial charge in [-0.15, -0.1) is 0 Å². The summed E-state index contributed by atoms with van der Waals surface area (Å²) in [4.78, 5) is 61.1. The molecule has 11 nitrogen and oxygen atoms in total. The highest BCUT2D eigenvalue weighted by Crippen LogP contribution is 2.21. The van der Waals surface area contributed by atoms with Gasteiger partial charge in [0, 0.05) is 41.1 Å². The molecule has 0 bridgehead atoms. The molecule has 0 spiro atoms. The number of carbonyl (C=O) groups excluding carboxylic acids is 3. The highest BCUT2D eigenvalue weighted by atomic mass is 28.4. The molecule has 0 radical (unpaired) electrons. The first-order valence-electron chi connectivity index (χ1n) is 12.2. The van der Waals surface area contributed by atoms with Crippen molar-refractivity contribution in [1.82, 2.24) is 4.90 Å². The molecular formula is C24H40NO10Si2-. The molecule has 1 aromatic rings.